The van der Waals surface area contributed by atoms with E-state index in [2.05, 4.69) is 60.9 Å². The number of rotatable bonds is 37. The van der Waals surface area contributed by atoms with Gasteiger partial charge >= 0.3 is 25.7 Å². The smallest absolute Gasteiger partial charge is 0.472 e. The lowest BCUT2D eigenvalue weighted by Crippen LogP contribution is -2.34. The van der Waals surface area contributed by atoms with E-state index >= 15 is 0 Å². The number of nitrogens with two attached hydrogens (primary N) is 1. The van der Waals surface area contributed by atoms with Crippen molar-refractivity contribution in [3.8, 4) is 0 Å². The second-order valence-corrected chi connectivity index (χ2v) is 14.9. The lowest BCUT2D eigenvalue weighted by atomic mass is 10.1. The van der Waals surface area contributed by atoms with Crippen LogP contribution >= 0.6 is 7.82 Å². The maximum Gasteiger partial charge on any atom is 0.472 e. The molecule has 13 heteroatoms. The fourth-order valence-electron chi connectivity index (χ4n) is 5.00. The molecule has 4 N–H and O–H groups in total. The SMILES string of the molecule is CC/C=C\C/C=C\C/C=C\CCCCCCCC(=O)O[C@H](COC(=O)CCCCCCCC(=O)/C=C/C=C\CCCCC)COP(=O)(O)OC[C@H](N)C(=O)O. The number of phosphoric ester groups is 1. The van der Waals surface area contributed by atoms with Gasteiger partial charge in [0.2, 0.25) is 0 Å². The molecule has 0 rings (SSSR count). The highest BCUT2D eigenvalue weighted by Crippen LogP contribution is 2.43. The van der Waals surface area contributed by atoms with Gasteiger partial charge in [0.1, 0.15) is 12.6 Å². The third-order valence-electron chi connectivity index (χ3n) is 8.23. The summed E-state index contributed by atoms with van der Waals surface area (Å²) in [6, 6.07) is -1.54. The van der Waals surface area contributed by atoms with Gasteiger partial charge in [0.15, 0.2) is 11.9 Å². The third-order valence-corrected chi connectivity index (χ3v) is 9.18. The van der Waals surface area contributed by atoms with Gasteiger partial charge in [-0.2, -0.15) is 0 Å². The van der Waals surface area contributed by atoms with Crippen LogP contribution in [0.1, 0.15) is 149 Å². The minimum Gasteiger partial charge on any atom is -0.480 e. The quantitative estimate of drug-likeness (QED) is 0.0135. The summed E-state index contributed by atoms with van der Waals surface area (Å²) in [6.45, 7) is 2.48. The molecule has 0 aliphatic heterocycles. The summed E-state index contributed by atoms with van der Waals surface area (Å²) in [5.41, 5.74) is 5.31. The first-order chi connectivity index (χ1) is 26.5. The number of carboxylic acid groups (broad SMARTS) is 1. The van der Waals surface area contributed by atoms with E-state index in [-0.39, 0.29) is 18.6 Å². The number of ether oxygens (including phenoxy) is 2. The van der Waals surface area contributed by atoms with Crippen LogP contribution in [0.5, 0.6) is 0 Å². The summed E-state index contributed by atoms with van der Waals surface area (Å²) in [6.07, 6.45) is 36.8. The molecule has 0 aliphatic rings. The van der Waals surface area contributed by atoms with Gasteiger partial charge < -0.3 is 25.2 Å². The van der Waals surface area contributed by atoms with Gasteiger partial charge in [-0.3, -0.25) is 28.2 Å². The lowest BCUT2D eigenvalue weighted by Gasteiger charge is -2.20. The van der Waals surface area contributed by atoms with Crippen LogP contribution in [0.25, 0.3) is 0 Å². The number of hydrogen-bond donors (Lipinski definition) is 3. The standard InChI is InChI=1S/C42H70NO11P/c1-3-5-7-9-11-12-13-14-15-16-17-18-20-24-29-33-41(46)54-38(35-52-55(49,50)53-36-39(43)42(47)48)34-51-40(45)32-28-25-21-23-27-31-37(44)30-26-22-19-10-8-6-4-2/h5,7,11-12,14-15,19,22,26,30,38-39H,3-4,6,8-10,13,16-18,20-21,23-25,27-29,31-36,43H2,1-2H3,(H,47,48)(H,49,50)/b7-5-,12-11-,15-14-,22-19-,30-26+/t38-,39+/m1/s1. The molecule has 0 aliphatic carbocycles. The van der Waals surface area contributed by atoms with Crippen molar-refractivity contribution >= 4 is 31.5 Å². The van der Waals surface area contributed by atoms with Crippen LogP contribution in [0.15, 0.2) is 60.8 Å². The van der Waals surface area contributed by atoms with Crippen molar-refractivity contribution in [3.63, 3.8) is 0 Å². The van der Waals surface area contributed by atoms with E-state index in [1.807, 2.05) is 6.08 Å². The molecule has 0 aromatic rings. The summed E-state index contributed by atoms with van der Waals surface area (Å²) in [5.74, 6) is -2.42. The largest absolute Gasteiger partial charge is 0.480 e. The zero-order valence-corrected chi connectivity index (χ0v) is 34.4. The first-order valence-corrected chi connectivity index (χ1v) is 21.8. The van der Waals surface area contributed by atoms with E-state index in [9.17, 15) is 28.6 Å². The number of hydrogen-bond acceptors (Lipinski definition) is 10. The molecule has 0 bridgehead atoms. The highest BCUT2D eigenvalue weighted by atomic mass is 31.2. The topological polar surface area (TPSA) is 189 Å². The maximum atomic E-state index is 12.6. The van der Waals surface area contributed by atoms with Crippen molar-refractivity contribution in [3.05, 3.63) is 60.8 Å². The van der Waals surface area contributed by atoms with Gasteiger partial charge in [-0.05, 0) is 70.3 Å². The number of carbonyl (C=O) groups excluding carboxylic acids is 3. The molecule has 55 heavy (non-hydrogen) atoms. The lowest BCUT2D eigenvalue weighted by molar-refractivity contribution is -0.161. The Morgan fingerprint density at radius 2 is 1.18 bits per heavy atom. The Morgan fingerprint density at radius 1 is 0.636 bits per heavy atom. The van der Waals surface area contributed by atoms with Gasteiger partial charge in [-0.15, -0.1) is 0 Å². The van der Waals surface area contributed by atoms with Crippen LogP contribution in [-0.2, 0) is 42.3 Å². The van der Waals surface area contributed by atoms with E-state index in [4.69, 9.17) is 24.8 Å². The Hall–Kier alpha value is -3.15. The van der Waals surface area contributed by atoms with E-state index in [1.165, 1.54) is 12.8 Å². The molecule has 0 saturated heterocycles. The van der Waals surface area contributed by atoms with Crippen molar-refractivity contribution in [1.29, 1.82) is 0 Å². The van der Waals surface area contributed by atoms with E-state index < -0.39 is 57.7 Å². The summed E-state index contributed by atoms with van der Waals surface area (Å²) in [7, 11) is -4.75. The molecule has 314 valence electrons. The van der Waals surface area contributed by atoms with Crippen LogP contribution in [0.3, 0.4) is 0 Å². The number of aliphatic carboxylic acids is 1. The molecule has 0 saturated carbocycles. The highest BCUT2D eigenvalue weighted by molar-refractivity contribution is 7.47. The molecule has 0 aromatic carbocycles. The second-order valence-electron chi connectivity index (χ2n) is 13.4. The van der Waals surface area contributed by atoms with Gasteiger partial charge in [0, 0.05) is 19.3 Å². The zero-order chi connectivity index (χ0) is 40.8. The summed E-state index contributed by atoms with van der Waals surface area (Å²) in [4.78, 5) is 57.9. The first kappa shape index (κ1) is 51.9. The predicted octanol–water partition coefficient (Wildman–Crippen LogP) is 9.57. The number of allylic oxidation sites excluding steroid dienone is 10. The minimum absolute atomic E-state index is 0.0960. The molecule has 1 unspecified atom stereocenters. The number of phosphoric acid groups is 1. The summed E-state index contributed by atoms with van der Waals surface area (Å²) >= 11 is 0. The second kappa shape index (κ2) is 36.5. The fourth-order valence-corrected chi connectivity index (χ4v) is 5.78. The number of esters is 2. The zero-order valence-electron chi connectivity index (χ0n) is 33.5. The van der Waals surface area contributed by atoms with Crippen molar-refractivity contribution < 1.29 is 52.3 Å². The van der Waals surface area contributed by atoms with Gasteiger partial charge in [-0.25, -0.2) is 4.57 Å². The molecule has 3 atom stereocenters. The van der Waals surface area contributed by atoms with Crippen molar-refractivity contribution in [2.75, 3.05) is 19.8 Å². The van der Waals surface area contributed by atoms with Gasteiger partial charge in [0.05, 0.1) is 13.2 Å². The molecule has 0 radical (unpaired) electrons. The van der Waals surface area contributed by atoms with Gasteiger partial charge in [0.25, 0.3) is 0 Å². The molecular formula is C42H70NO11P. The highest BCUT2D eigenvalue weighted by Gasteiger charge is 2.28. The maximum absolute atomic E-state index is 12.6. The molecule has 0 spiro atoms. The van der Waals surface area contributed by atoms with Crippen molar-refractivity contribution in [2.24, 2.45) is 5.73 Å². The molecule has 0 aromatic heterocycles. The van der Waals surface area contributed by atoms with Crippen LogP contribution in [0.4, 0.5) is 0 Å². The average Bonchev–Trinajstić information content (AvgIpc) is 3.15. The Labute approximate surface area is 330 Å². The Kier molecular flexibility index (Phi) is 34.4. The minimum atomic E-state index is -4.75. The van der Waals surface area contributed by atoms with Crippen molar-refractivity contribution in [1.82, 2.24) is 0 Å². The Balaban J connectivity index is 4.53. The summed E-state index contributed by atoms with van der Waals surface area (Å²) in [5, 5.41) is 8.87. The molecule has 0 amide bonds. The normalized spacial score (nSPS) is 14.3. The molecular weight excluding hydrogens is 725 g/mol. The van der Waals surface area contributed by atoms with E-state index in [0.717, 1.165) is 89.9 Å². The van der Waals surface area contributed by atoms with Crippen LogP contribution in [0, 0.1) is 0 Å². The molecule has 12 nitrogen and oxygen atoms in total. The van der Waals surface area contributed by atoms with Crippen molar-refractivity contribution in [2.45, 2.75) is 161 Å². The average molecular weight is 796 g/mol. The van der Waals surface area contributed by atoms with Crippen LogP contribution in [-0.4, -0.2) is 65.7 Å². The Morgan fingerprint density at radius 3 is 1.84 bits per heavy atom. The summed E-state index contributed by atoms with van der Waals surface area (Å²) < 4.78 is 32.5. The Bertz CT molecular complexity index is 1230. The number of carbonyl (C=O) groups is 4. The number of carboxylic acids is 1. The van der Waals surface area contributed by atoms with E-state index in [0.29, 0.717) is 19.3 Å². The monoisotopic (exact) mass is 795 g/mol. The van der Waals surface area contributed by atoms with Crippen LogP contribution < -0.4 is 5.73 Å². The number of ketones is 1. The predicted molar refractivity (Wildman–Crippen MR) is 217 cm³/mol. The third kappa shape index (κ3) is 36.3. The molecule has 0 fully saturated rings. The van der Waals surface area contributed by atoms with E-state index in [1.54, 1.807) is 12.2 Å². The van der Waals surface area contributed by atoms with Crippen LogP contribution in [0.2, 0.25) is 0 Å². The molecule has 0 heterocycles. The number of unbranched alkanes of at least 4 members (excludes halogenated alkanes) is 12. The first-order valence-electron chi connectivity index (χ1n) is 20.3. The van der Waals surface area contributed by atoms with Gasteiger partial charge in [-0.1, -0.05) is 120 Å². The fraction of sp³-hybridized carbons (Fsp3) is 0.667.